The van der Waals surface area contributed by atoms with Crippen molar-refractivity contribution in [1.29, 1.82) is 0 Å². The van der Waals surface area contributed by atoms with Crippen LogP contribution < -0.4 is 14.7 Å². The molecule has 5 rings (SSSR count). The Morgan fingerprint density at radius 3 is 2.34 bits per heavy atom. The Morgan fingerprint density at radius 2 is 1.66 bits per heavy atom. The van der Waals surface area contributed by atoms with Gasteiger partial charge in [-0.25, -0.2) is 9.96 Å². The van der Waals surface area contributed by atoms with E-state index < -0.39 is 24.0 Å². The van der Waals surface area contributed by atoms with Crippen LogP contribution in [-0.4, -0.2) is 25.0 Å². The first-order valence-electron chi connectivity index (χ1n) is 9.97. The largest absolute Gasteiger partial charge is 0.496 e. The molecule has 2 amide bonds. The van der Waals surface area contributed by atoms with E-state index in [1.165, 1.54) is 4.90 Å². The summed E-state index contributed by atoms with van der Waals surface area (Å²) in [5.74, 6) is -0.873. The van der Waals surface area contributed by atoms with Crippen molar-refractivity contribution in [3.05, 3.63) is 87.9 Å². The zero-order valence-electron chi connectivity index (χ0n) is 16.9. The summed E-state index contributed by atoms with van der Waals surface area (Å²) < 4.78 is 6.43. The lowest BCUT2D eigenvalue weighted by molar-refractivity contribution is -0.126. The van der Waals surface area contributed by atoms with Crippen molar-refractivity contribution < 1.29 is 19.2 Å². The highest BCUT2D eigenvalue weighted by atomic mass is 79.9. The second kappa shape index (κ2) is 8.24. The lowest BCUT2D eigenvalue weighted by Crippen LogP contribution is -2.37. The minimum atomic E-state index is -0.952. The molecule has 2 saturated heterocycles. The van der Waals surface area contributed by atoms with Crippen LogP contribution in [0.1, 0.15) is 11.6 Å². The van der Waals surface area contributed by atoms with Gasteiger partial charge in [0.2, 0.25) is 5.91 Å². The van der Waals surface area contributed by atoms with Gasteiger partial charge in [0.15, 0.2) is 6.10 Å². The first kappa shape index (κ1) is 21.0. The average molecular weight is 514 g/mol. The molecule has 8 heteroatoms. The number of para-hydroxylation sites is 1. The van der Waals surface area contributed by atoms with Crippen LogP contribution in [0.15, 0.2) is 77.3 Å². The van der Waals surface area contributed by atoms with Gasteiger partial charge < -0.3 is 4.74 Å². The van der Waals surface area contributed by atoms with Crippen LogP contribution in [0.4, 0.5) is 11.4 Å². The molecule has 0 radical (unpaired) electrons. The SMILES string of the molecule is COc1ccc(Br)cc1[C@@H]1[C@@H]2C(=O)N(c3ccc(Cl)cc3)C(=O)[C@H]2ON1c1ccccc1. The van der Waals surface area contributed by atoms with Crippen molar-refractivity contribution in [3.8, 4) is 5.75 Å². The Balaban J connectivity index is 1.63. The van der Waals surface area contributed by atoms with E-state index in [4.69, 9.17) is 21.2 Å². The highest BCUT2D eigenvalue weighted by Crippen LogP contribution is 2.49. The van der Waals surface area contributed by atoms with Gasteiger partial charge in [-0.05, 0) is 54.6 Å². The van der Waals surface area contributed by atoms with Crippen molar-refractivity contribution >= 4 is 50.7 Å². The Hall–Kier alpha value is -2.87. The zero-order valence-corrected chi connectivity index (χ0v) is 19.3. The van der Waals surface area contributed by atoms with E-state index in [2.05, 4.69) is 15.9 Å². The number of carbonyl (C=O) groups excluding carboxylic acids is 2. The number of amides is 2. The van der Waals surface area contributed by atoms with Gasteiger partial charge in [0.25, 0.3) is 5.91 Å². The average Bonchev–Trinajstić information content (AvgIpc) is 3.31. The van der Waals surface area contributed by atoms with Crippen LogP contribution in [0.25, 0.3) is 0 Å². The molecule has 0 N–H and O–H groups in total. The van der Waals surface area contributed by atoms with Gasteiger partial charge in [0.05, 0.1) is 24.5 Å². The number of benzene rings is 3. The van der Waals surface area contributed by atoms with E-state index in [9.17, 15) is 9.59 Å². The number of imide groups is 1. The first-order valence-corrected chi connectivity index (χ1v) is 11.1. The highest BCUT2D eigenvalue weighted by molar-refractivity contribution is 9.10. The number of nitrogens with zero attached hydrogens (tertiary/aromatic N) is 2. The van der Waals surface area contributed by atoms with Crippen molar-refractivity contribution in [3.63, 3.8) is 0 Å². The first-order chi connectivity index (χ1) is 15.5. The number of hydrogen-bond acceptors (Lipinski definition) is 5. The summed E-state index contributed by atoms with van der Waals surface area (Å²) in [5, 5.41) is 2.17. The summed E-state index contributed by atoms with van der Waals surface area (Å²) >= 11 is 9.50. The Labute approximate surface area is 198 Å². The number of rotatable bonds is 4. The maximum atomic E-state index is 13.6. The molecule has 0 saturated carbocycles. The molecule has 162 valence electrons. The molecular weight excluding hydrogens is 496 g/mol. The van der Waals surface area contributed by atoms with E-state index >= 15 is 0 Å². The summed E-state index contributed by atoms with van der Waals surface area (Å²) in [6, 6.07) is 21.1. The smallest absolute Gasteiger partial charge is 0.266 e. The van der Waals surface area contributed by atoms with E-state index in [1.54, 1.807) is 36.4 Å². The fraction of sp³-hybridized carbons (Fsp3) is 0.167. The molecule has 6 nitrogen and oxygen atoms in total. The molecule has 3 atom stereocenters. The van der Waals surface area contributed by atoms with E-state index in [0.717, 1.165) is 15.7 Å². The topological polar surface area (TPSA) is 59.1 Å². The molecule has 32 heavy (non-hydrogen) atoms. The Kier molecular flexibility index (Phi) is 5.41. The summed E-state index contributed by atoms with van der Waals surface area (Å²) in [6.07, 6.45) is -0.952. The van der Waals surface area contributed by atoms with Crippen LogP contribution in [0.2, 0.25) is 5.02 Å². The minimum Gasteiger partial charge on any atom is -0.496 e. The Bertz CT molecular complexity index is 1190. The van der Waals surface area contributed by atoms with Gasteiger partial charge in [0, 0.05) is 15.1 Å². The Morgan fingerprint density at radius 1 is 0.938 bits per heavy atom. The molecule has 0 unspecified atom stereocenters. The standard InChI is InChI=1S/C24H18BrClN2O4/c1-31-19-12-7-14(25)13-18(19)21-20-22(32-28(21)17-5-3-2-4-6-17)24(30)27(23(20)29)16-10-8-15(26)9-11-16/h2-13,20-22H,1H3/t20-,21+,22-/m0/s1. The third kappa shape index (κ3) is 3.37. The number of hydroxylamine groups is 1. The number of fused-ring (bicyclic) bond motifs is 1. The van der Waals surface area contributed by atoms with Crippen LogP contribution in [0.5, 0.6) is 5.75 Å². The second-order valence-corrected chi connectivity index (χ2v) is 8.88. The van der Waals surface area contributed by atoms with Gasteiger partial charge in [0.1, 0.15) is 11.7 Å². The predicted octanol–water partition coefficient (Wildman–Crippen LogP) is 5.16. The monoisotopic (exact) mass is 512 g/mol. The summed E-state index contributed by atoms with van der Waals surface area (Å²) in [5.41, 5.74) is 1.96. The molecule has 2 aliphatic rings. The number of anilines is 2. The van der Waals surface area contributed by atoms with Gasteiger partial charge in [-0.1, -0.05) is 45.7 Å². The van der Waals surface area contributed by atoms with Crippen LogP contribution >= 0.6 is 27.5 Å². The minimum absolute atomic E-state index is 0.326. The normalized spacial score (nSPS) is 22.4. The summed E-state index contributed by atoms with van der Waals surface area (Å²) in [4.78, 5) is 34.3. The summed E-state index contributed by atoms with van der Waals surface area (Å²) in [6.45, 7) is 0. The number of hydrogen-bond donors (Lipinski definition) is 0. The molecule has 2 fully saturated rings. The fourth-order valence-corrected chi connectivity index (χ4v) is 4.81. The van der Waals surface area contributed by atoms with Gasteiger partial charge in [-0.3, -0.25) is 14.4 Å². The molecule has 0 spiro atoms. The van der Waals surface area contributed by atoms with E-state index in [0.29, 0.717) is 16.5 Å². The predicted molar refractivity (Wildman–Crippen MR) is 125 cm³/mol. The fourth-order valence-electron chi connectivity index (χ4n) is 4.31. The van der Waals surface area contributed by atoms with Crippen LogP contribution in [0.3, 0.4) is 0 Å². The van der Waals surface area contributed by atoms with Gasteiger partial charge >= 0.3 is 0 Å². The number of carbonyl (C=O) groups is 2. The van der Waals surface area contributed by atoms with E-state index in [-0.39, 0.29) is 5.91 Å². The maximum Gasteiger partial charge on any atom is 0.266 e. The van der Waals surface area contributed by atoms with Crippen molar-refractivity contribution in [2.45, 2.75) is 12.1 Å². The van der Waals surface area contributed by atoms with Crippen LogP contribution in [-0.2, 0) is 14.4 Å². The maximum absolute atomic E-state index is 13.6. The molecular formula is C24H18BrClN2O4. The number of methoxy groups -OCH3 is 1. The number of halogens is 2. The molecule has 0 aromatic heterocycles. The lowest BCUT2D eigenvalue weighted by Gasteiger charge is -2.29. The molecule has 0 bridgehead atoms. The third-order valence-corrected chi connectivity index (χ3v) is 6.47. The van der Waals surface area contributed by atoms with Crippen LogP contribution in [0, 0.1) is 5.92 Å². The third-order valence-electron chi connectivity index (χ3n) is 5.72. The van der Waals surface area contributed by atoms with Crippen molar-refractivity contribution in [2.24, 2.45) is 5.92 Å². The van der Waals surface area contributed by atoms with Crippen molar-refractivity contribution in [2.75, 3.05) is 17.1 Å². The zero-order chi connectivity index (χ0) is 22.4. The molecule has 2 aliphatic heterocycles. The summed E-state index contributed by atoms with van der Waals surface area (Å²) in [7, 11) is 1.58. The highest BCUT2D eigenvalue weighted by Gasteiger charge is 2.60. The second-order valence-electron chi connectivity index (χ2n) is 7.53. The van der Waals surface area contributed by atoms with Crippen molar-refractivity contribution in [1.82, 2.24) is 0 Å². The molecule has 3 aromatic carbocycles. The molecule has 2 heterocycles. The van der Waals surface area contributed by atoms with E-state index in [1.807, 2.05) is 48.5 Å². The van der Waals surface area contributed by atoms with Gasteiger partial charge in [-0.15, -0.1) is 0 Å². The molecule has 3 aromatic rings. The van der Waals surface area contributed by atoms with Gasteiger partial charge in [-0.2, -0.15) is 0 Å². The molecule has 0 aliphatic carbocycles. The quantitative estimate of drug-likeness (QED) is 0.451. The number of ether oxygens (including phenoxy) is 1. The lowest BCUT2D eigenvalue weighted by atomic mass is 9.90.